The van der Waals surface area contributed by atoms with E-state index in [2.05, 4.69) is 0 Å². The summed E-state index contributed by atoms with van der Waals surface area (Å²) in [7, 11) is 0. The molecule has 0 spiro atoms. The minimum atomic E-state index is 0.305. The lowest BCUT2D eigenvalue weighted by Crippen LogP contribution is -2.11. The monoisotopic (exact) mass is 212 g/mol. The van der Waals surface area contributed by atoms with Gasteiger partial charge in [-0.15, -0.1) is 11.8 Å². The highest BCUT2D eigenvalue weighted by molar-refractivity contribution is 8.00. The maximum absolute atomic E-state index is 11.2. The van der Waals surface area contributed by atoms with Gasteiger partial charge < -0.3 is 0 Å². The largest absolute Gasteiger partial charge is 0.298 e. The highest BCUT2D eigenvalue weighted by Gasteiger charge is 2.16. The molecule has 0 saturated carbocycles. The number of hydrogen-bond acceptors (Lipinski definition) is 2. The Morgan fingerprint density at radius 1 is 1.46 bits per heavy atom. The number of Topliss-reactive ketones (excluding diaryl/α,β-unsaturated/α-hetero) is 1. The molecular weight excluding hydrogens is 204 g/mol. The van der Waals surface area contributed by atoms with Crippen LogP contribution in [0.25, 0.3) is 0 Å². The fourth-order valence-electron chi connectivity index (χ4n) is 1.42. The molecule has 0 N–H and O–H groups in total. The highest BCUT2D eigenvalue weighted by atomic mass is 35.5. The van der Waals surface area contributed by atoms with Crippen LogP contribution in [-0.4, -0.2) is 11.5 Å². The fraction of sp³-hybridized carbons (Fsp3) is 0.300. The van der Waals surface area contributed by atoms with Crippen LogP contribution >= 0.6 is 23.4 Å². The number of fused-ring (bicyclic) bond motifs is 1. The first-order valence-electron chi connectivity index (χ1n) is 4.10. The maximum atomic E-state index is 11.2. The first kappa shape index (κ1) is 9.10. The lowest BCUT2D eigenvalue weighted by atomic mass is 10.1. The Morgan fingerprint density at radius 2 is 2.23 bits per heavy atom. The molecule has 0 bridgehead atoms. The van der Waals surface area contributed by atoms with Crippen LogP contribution < -0.4 is 0 Å². The van der Waals surface area contributed by atoms with Gasteiger partial charge in [-0.1, -0.05) is 17.7 Å². The molecule has 1 aliphatic heterocycles. The quantitative estimate of drug-likeness (QED) is 0.658. The van der Waals surface area contributed by atoms with Crippen LogP contribution in [0.15, 0.2) is 17.0 Å². The Morgan fingerprint density at radius 3 is 3.00 bits per heavy atom. The number of aryl methyl sites for hydroxylation is 1. The summed E-state index contributed by atoms with van der Waals surface area (Å²) in [6.07, 6.45) is 0.570. The Hall–Kier alpha value is -0.470. The van der Waals surface area contributed by atoms with E-state index in [0.29, 0.717) is 18.0 Å². The number of thioether (sulfide) groups is 1. The van der Waals surface area contributed by atoms with Gasteiger partial charge in [0.1, 0.15) is 5.78 Å². The zero-order valence-electron chi connectivity index (χ0n) is 7.26. The molecule has 1 aromatic rings. The van der Waals surface area contributed by atoms with E-state index in [-0.39, 0.29) is 0 Å². The Labute approximate surface area is 86.5 Å². The number of carbonyl (C=O) groups excluding carboxylic acids is 1. The minimum absolute atomic E-state index is 0.305. The van der Waals surface area contributed by atoms with E-state index in [9.17, 15) is 4.79 Å². The molecule has 0 fully saturated rings. The summed E-state index contributed by atoms with van der Waals surface area (Å²) in [5, 5.41) is 0.792. The van der Waals surface area contributed by atoms with E-state index >= 15 is 0 Å². The average molecular weight is 213 g/mol. The van der Waals surface area contributed by atoms with Gasteiger partial charge in [0.05, 0.1) is 5.75 Å². The predicted molar refractivity (Wildman–Crippen MR) is 55.6 cm³/mol. The lowest BCUT2D eigenvalue weighted by Gasteiger charge is -2.15. The van der Waals surface area contributed by atoms with Gasteiger partial charge in [0.15, 0.2) is 0 Å². The molecule has 0 aliphatic carbocycles. The maximum Gasteiger partial charge on any atom is 0.147 e. The van der Waals surface area contributed by atoms with Gasteiger partial charge in [0, 0.05) is 16.3 Å². The zero-order valence-corrected chi connectivity index (χ0v) is 8.84. The molecule has 0 unspecified atom stereocenters. The van der Waals surface area contributed by atoms with Crippen LogP contribution in [0.3, 0.4) is 0 Å². The third-order valence-electron chi connectivity index (χ3n) is 2.12. The van der Waals surface area contributed by atoms with Gasteiger partial charge in [0.2, 0.25) is 0 Å². The van der Waals surface area contributed by atoms with E-state index in [4.69, 9.17) is 11.6 Å². The van der Waals surface area contributed by atoms with Crippen molar-refractivity contribution in [3.8, 4) is 0 Å². The highest BCUT2D eigenvalue weighted by Crippen LogP contribution is 2.32. The molecule has 0 atom stereocenters. The van der Waals surface area contributed by atoms with Gasteiger partial charge in [-0.2, -0.15) is 0 Å². The standard InChI is InChI=1S/C10H9ClOS/c1-6-2-7-3-8(12)5-13-10(7)4-9(6)11/h2,4H,3,5H2,1H3. The van der Waals surface area contributed by atoms with E-state index in [1.165, 1.54) is 0 Å². The molecule has 0 aromatic heterocycles. The van der Waals surface area contributed by atoms with Crippen molar-refractivity contribution in [2.75, 3.05) is 5.75 Å². The van der Waals surface area contributed by atoms with Gasteiger partial charge in [-0.05, 0) is 24.1 Å². The number of hydrogen-bond donors (Lipinski definition) is 0. The summed E-state index contributed by atoms with van der Waals surface area (Å²) in [5.74, 6) is 0.895. The topological polar surface area (TPSA) is 17.1 Å². The van der Waals surface area contributed by atoms with Crippen molar-refractivity contribution in [2.24, 2.45) is 0 Å². The van der Waals surface area contributed by atoms with Crippen molar-refractivity contribution in [3.05, 3.63) is 28.3 Å². The second-order valence-corrected chi connectivity index (χ2v) is 4.64. The van der Waals surface area contributed by atoms with Crippen LogP contribution in [0, 0.1) is 6.92 Å². The molecule has 1 nitrogen and oxygen atoms in total. The van der Waals surface area contributed by atoms with Gasteiger partial charge in [0.25, 0.3) is 0 Å². The second kappa shape index (κ2) is 3.35. The zero-order chi connectivity index (χ0) is 9.42. The van der Waals surface area contributed by atoms with E-state index in [1.807, 2.05) is 19.1 Å². The van der Waals surface area contributed by atoms with Crippen LogP contribution in [0.4, 0.5) is 0 Å². The number of benzene rings is 1. The molecule has 13 heavy (non-hydrogen) atoms. The summed E-state index contributed by atoms with van der Waals surface area (Å²) in [6.45, 7) is 1.96. The van der Waals surface area contributed by atoms with Crippen molar-refractivity contribution in [2.45, 2.75) is 18.2 Å². The van der Waals surface area contributed by atoms with Crippen molar-refractivity contribution in [3.63, 3.8) is 0 Å². The number of carbonyl (C=O) groups is 1. The molecule has 1 heterocycles. The number of rotatable bonds is 0. The molecule has 3 heteroatoms. The first-order chi connectivity index (χ1) is 6.16. The van der Waals surface area contributed by atoms with Crippen molar-refractivity contribution < 1.29 is 4.79 Å². The van der Waals surface area contributed by atoms with Gasteiger partial charge in [-0.3, -0.25) is 4.79 Å². The molecule has 0 radical (unpaired) electrons. The SMILES string of the molecule is Cc1cc2c(cc1Cl)SCC(=O)C2. The average Bonchev–Trinajstić information content (AvgIpc) is 2.08. The number of ketones is 1. The van der Waals surface area contributed by atoms with Gasteiger partial charge in [-0.25, -0.2) is 0 Å². The lowest BCUT2D eigenvalue weighted by molar-refractivity contribution is -0.116. The van der Waals surface area contributed by atoms with E-state index in [0.717, 1.165) is 21.0 Å². The summed E-state index contributed by atoms with van der Waals surface area (Å²) in [6, 6.07) is 3.98. The first-order valence-corrected chi connectivity index (χ1v) is 5.46. The summed E-state index contributed by atoms with van der Waals surface area (Å²) in [4.78, 5) is 12.3. The van der Waals surface area contributed by atoms with Gasteiger partial charge >= 0.3 is 0 Å². The summed E-state index contributed by atoms with van der Waals surface area (Å²) >= 11 is 7.57. The third-order valence-corrected chi connectivity index (χ3v) is 3.68. The van der Waals surface area contributed by atoms with E-state index < -0.39 is 0 Å². The van der Waals surface area contributed by atoms with Crippen molar-refractivity contribution in [1.82, 2.24) is 0 Å². The summed E-state index contributed by atoms with van der Waals surface area (Å²) < 4.78 is 0. The normalized spacial score (nSPS) is 15.7. The third kappa shape index (κ3) is 1.74. The smallest absolute Gasteiger partial charge is 0.147 e. The van der Waals surface area contributed by atoms with Crippen LogP contribution in [0.5, 0.6) is 0 Å². The second-order valence-electron chi connectivity index (χ2n) is 3.21. The van der Waals surface area contributed by atoms with Crippen LogP contribution in [-0.2, 0) is 11.2 Å². The molecular formula is C10H9ClOS. The van der Waals surface area contributed by atoms with Crippen LogP contribution in [0.2, 0.25) is 5.02 Å². The van der Waals surface area contributed by atoms with E-state index in [1.54, 1.807) is 11.8 Å². The number of halogens is 1. The predicted octanol–water partition coefficient (Wildman–Crippen LogP) is 2.87. The fourth-order valence-corrected chi connectivity index (χ4v) is 2.58. The van der Waals surface area contributed by atoms with Crippen molar-refractivity contribution in [1.29, 1.82) is 0 Å². The van der Waals surface area contributed by atoms with Crippen LogP contribution in [0.1, 0.15) is 11.1 Å². The molecule has 2 rings (SSSR count). The molecule has 1 aliphatic rings. The van der Waals surface area contributed by atoms with Crippen molar-refractivity contribution >= 4 is 29.1 Å². The molecule has 68 valence electrons. The molecule has 0 saturated heterocycles. The Balaban J connectivity index is 2.49. The molecule has 0 amide bonds. The summed E-state index contributed by atoms with van der Waals surface area (Å²) in [5.41, 5.74) is 2.18. The molecule has 1 aromatic carbocycles. The Kier molecular flexibility index (Phi) is 2.35. The Bertz CT molecular complexity index is 373. The minimum Gasteiger partial charge on any atom is -0.298 e.